The summed E-state index contributed by atoms with van der Waals surface area (Å²) in [5.41, 5.74) is 0.263. The van der Waals surface area contributed by atoms with Gasteiger partial charge in [0.25, 0.3) is 0 Å². The fourth-order valence-corrected chi connectivity index (χ4v) is 1.93. The van der Waals surface area contributed by atoms with Crippen molar-refractivity contribution in [2.24, 2.45) is 0 Å². The molecule has 0 unspecified atom stereocenters. The van der Waals surface area contributed by atoms with Gasteiger partial charge in [0.05, 0.1) is 9.71 Å². The topological polar surface area (TPSA) is 12.9 Å². The third-order valence-corrected chi connectivity index (χ3v) is 2.44. The van der Waals surface area contributed by atoms with Gasteiger partial charge in [0.15, 0.2) is 5.82 Å². The molecule has 0 saturated carbocycles. The van der Waals surface area contributed by atoms with Gasteiger partial charge >= 0.3 is 0 Å². The average Bonchev–Trinajstić information content (AvgIpc) is 2.49. The molecule has 2 rings (SSSR count). The number of nitrogens with zero attached hydrogens (tertiary/aromatic N) is 1. The van der Waals surface area contributed by atoms with Crippen molar-refractivity contribution in [3.63, 3.8) is 0 Å². The van der Waals surface area contributed by atoms with Crippen molar-refractivity contribution in [3.8, 4) is 0 Å². The summed E-state index contributed by atoms with van der Waals surface area (Å²) in [6.45, 7) is 5.77. The van der Waals surface area contributed by atoms with E-state index in [2.05, 4.69) is 4.98 Å². The molecule has 2 aromatic rings. The van der Waals surface area contributed by atoms with E-state index in [-0.39, 0.29) is 5.52 Å². The zero-order chi connectivity index (χ0) is 10.7. The van der Waals surface area contributed by atoms with Crippen LogP contribution in [0.1, 0.15) is 18.9 Å². The SMILES string of the molecule is CC.Cc1nc2c(F)cc(F)cc2s1. The minimum atomic E-state index is -0.589. The van der Waals surface area contributed by atoms with Crippen LogP contribution in [-0.2, 0) is 0 Å². The Morgan fingerprint density at radius 3 is 2.50 bits per heavy atom. The quantitative estimate of drug-likeness (QED) is 0.649. The molecule has 76 valence electrons. The second-order valence-electron chi connectivity index (χ2n) is 2.47. The van der Waals surface area contributed by atoms with Crippen LogP contribution in [0.2, 0.25) is 0 Å². The van der Waals surface area contributed by atoms with Crippen LogP contribution in [0.15, 0.2) is 12.1 Å². The van der Waals surface area contributed by atoms with Gasteiger partial charge in [-0.25, -0.2) is 13.8 Å². The molecular formula is C10H11F2NS. The predicted molar refractivity (Wildman–Crippen MR) is 55.6 cm³/mol. The molecule has 0 bridgehead atoms. The molecule has 0 N–H and O–H groups in total. The highest BCUT2D eigenvalue weighted by Gasteiger charge is 2.07. The highest BCUT2D eigenvalue weighted by molar-refractivity contribution is 7.18. The zero-order valence-electron chi connectivity index (χ0n) is 8.27. The molecule has 0 aliphatic heterocycles. The van der Waals surface area contributed by atoms with Gasteiger partial charge < -0.3 is 0 Å². The van der Waals surface area contributed by atoms with Gasteiger partial charge in [0.1, 0.15) is 11.3 Å². The van der Waals surface area contributed by atoms with E-state index in [1.165, 1.54) is 17.4 Å². The summed E-state index contributed by atoms with van der Waals surface area (Å²) in [5.74, 6) is -1.14. The summed E-state index contributed by atoms with van der Waals surface area (Å²) in [6, 6.07) is 2.14. The zero-order valence-corrected chi connectivity index (χ0v) is 9.08. The molecule has 1 aromatic heterocycles. The van der Waals surface area contributed by atoms with Gasteiger partial charge in [-0.15, -0.1) is 11.3 Å². The molecule has 0 aliphatic carbocycles. The summed E-state index contributed by atoms with van der Waals surface area (Å²) in [6.07, 6.45) is 0. The number of hydrogen-bond donors (Lipinski definition) is 0. The fraction of sp³-hybridized carbons (Fsp3) is 0.300. The van der Waals surface area contributed by atoms with Crippen LogP contribution >= 0.6 is 11.3 Å². The maximum absolute atomic E-state index is 13.0. The Balaban J connectivity index is 0.000000461. The molecule has 1 heterocycles. The van der Waals surface area contributed by atoms with E-state index in [0.717, 1.165) is 11.1 Å². The van der Waals surface area contributed by atoms with Gasteiger partial charge in [0.2, 0.25) is 0 Å². The Labute approximate surface area is 85.4 Å². The van der Waals surface area contributed by atoms with Crippen molar-refractivity contribution in [2.75, 3.05) is 0 Å². The van der Waals surface area contributed by atoms with Gasteiger partial charge in [0, 0.05) is 6.07 Å². The van der Waals surface area contributed by atoms with E-state index < -0.39 is 11.6 Å². The average molecular weight is 215 g/mol. The summed E-state index contributed by atoms with van der Waals surface area (Å²) in [5, 5.41) is 0.745. The lowest BCUT2D eigenvalue weighted by Gasteiger charge is -1.90. The normalized spacial score (nSPS) is 9.79. The number of thiazole rings is 1. The summed E-state index contributed by atoms with van der Waals surface area (Å²) in [4.78, 5) is 3.93. The summed E-state index contributed by atoms with van der Waals surface area (Å²) < 4.78 is 26.2. The Bertz CT molecular complexity index is 437. The van der Waals surface area contributed by atoms with Crippen molar-refractivity contribution in [3.05, 3.63) is 28.8 Å². The maximum Gasteiger partial charge on any atom is 0.153 e. The van der Waals surface area contributed by atoms with Crippen molar-refractivity contribution in [2.45, 2.75) is 20.8 Å². The van der Waals surface area contributed by atoms with Crippen molar-refractivity contribution in [1.29, 1.82) is 0 Å². The second-order valence-corrected chi connectivity index (χ2v) is 3.70. The molecule has 0 spiro atoms. The van der Waals surface area contributed by atoms with E-state index in [0.29, 0.717) is 4.70 Å². The predicted octanol–water partition coefficient (Wildman–Crippen LogP) is 3.91. The molecule has 1 nitrogen and oxygen atoms in total. The van der Waals surface area contributed by atoms with E-state index in [9.17, 15) is 8.78 Å². The number of benzene rings is 1. The highest BCUT2D eigenvalue weighted by Crippen LogP contribution is 2.24. The van der Waals surface area contributed by atoms with Gasteiger partial charge in [-0.05, 0) is 13.0 Å². The molecule has 0 atom stereocenters. The minimum absolute atomic E-state index is 0.263. The minimum Gasteiger partial charge on any atom is -0.238 e. The first-order valence-electron chi connectivity index (χ1n) is 4.39. The molecule has 0 radical (unpaired) electrons. The van der Waals surface area contributed by atoms with Crippen LogP contribution in [0.25, 0.3) is 10.2 Å². The molecule has 1 aromatic carbocycles. The number of fused-ring (bicyclic) bond motifs is 1. The Hall–Kier alpha value is -1.03. The standard InChI is InChI=1S/C8H5F2NS.C2H6/c1-4-11-8-6(10)2-5(9)3-7(8)12-4;1-2/h2-3H,1H3;1-2H3. The van der Waals surface area contributed by atoms with Gasteiger partial charge in [-0.2, -0.15) is 0 Å². The first-order chi connectivity index (χ1) is 6.66. The smallest absolute Gasteiger partial charge is 0.153 e. The number of rotatable bonds is 0. The van der Waals surface area contributed by atoms with Gasteiger partial charge in [-0.1, -0.05) is 13.8 Å². The lowest BCUT2D eigenvalue weighted by atomic mass is 10.3. The second kappa shape index (κ2) is 4.46. The molecule has 14 heavy (non-hydrogen) atoms. The lowest BCUT2D eigenvalue weighted by Crippen LogP contribution is -1.80. The molecule has 4 heteroatoms. The third kappa shape index (κ3) is 2.07. The van der Waals surface area contributed by atoms with Gasteiger partial charge in [-0.3, -0.25) is 0 Å². The van der Waals surface area contributed by atoms with Crippen molar-refractivity contribution < 1.29 is 8.78 Å². The third-order valence-electron chi connectivity index (χ3n) is 1.52. The van der Waals surface area contributed by atoms with Crippen LogP contribution in [0, 0.1) is 18.6 Å². The van der Waals surface area contributed by atoms with E-state index in [4.69, 9.17) is 0 Å². The summed E-state index contributed by atoms with van der Waals surface area (Å²) >= 11 is 1.29. The number of aryl methyl sites for hydroxylation is 1. The van der Waals surface area contributed by atoms with Crippen LogP contribution < -0.4 is 0 Å². The molecular weight excluding hydrogens is 204 g/mol. The highest BCUT2D eigenvalue weighted by atomic mass is 32.1. The van der Waals surface area contributed by atoms with Crippen molar-refractivity contribution >= 4 is 21.6 Å². The van der Waals surface area contributed by atoms with Crippen LogP contribution in [0.3, 0.4) is 0 Å². The largest absolute Gasteiger partial charge is 0.238 e. The molecule has 0 amide bonds. The maximum atomic E-state index is 13.0. The van der Waals surface area contributed by atoms with E-state index in [1.54, 1.807) is 6.92 Å². The van der Waals surface area contributed by atoms with Crippen LogP contribution in [0.5, 0.6) is 0 Å². The fourth-order valence-electron chi connectivity index (χ4n) is 1.07. The first-order valence-corrected chi connectivity index (χ1v) is 5.20. The Morgan fingerprint density at radius 2 is 1.86 bits per heavy atom. The molecule has 0 aliphatic rings. The van der Waals surface area contributed by atoms with Crippen LogP contribution in [-0.4, -0.2) is 4.98 Å². The molecule has 0 saturated heterocycles. The monoisotopic (exact) mass is 215 g/mol. The molecule has 0 fully saturated rings. The summed E-state index contributed by atoms with van der Waals surface area (Å²) in [7, 11) is 0. The number of aromatic nitrogens is 1. The van der Waals surface area contributed by atoms with Crippen molar-refractivity contribution in [1.82, 2.24) is 4.98 Å². The first kappa shape index (κ1) is 11.0. The lowest BCUT2D eigenvalue weighted by molar-refractivity contribution is 0.591. The van der Waals surface area contributed by atoms with E-state index in [1.807, 2.05) is 13.8 Å². The Kier molecular flexibility index (Phi) is 3.52. The Morgan fingerprint density at radius 1 is 1.21 bits per heavy atom. The number of hydrogen-bond acceptors (Lipinski definition) is 2. The van der Waals surface area contributed by atoms with Crippen LogP contribution in [0.4, 0.5) is 8.78 Å². The van der Waals surface area contributed by atoms with E-state index >= 15 is 0 Å². The number of halogens is 2.